The molecule has 0 fully saturated rings. The number of esters is 1. The van der Waals surface area contributed by atoms with Crippen LogP contribution in [0.25, 0.3) is 0 Å². The van der Waals surface area contributed by atoms with Crippen molar-refractivity contribution in [1.82, 2.24) is 0 Å². The van der Waals surface area contributed by atoms with E-state index >= 15 is 0 Å². The fraction of sp³-hybridized carbons (Fsp3) is 0.300. The van der Waals surface area contributed by atoms with Gasteiger partial charge in [-0.15, -0.1) is 0 Å². The van der Waals surface area contributed by atoms with Crippen LogP contribution in [-0.4, -0.2) is 36.1 Å². The summed E-state index contributed by atoms with van der Waals surface area (Å²) in [5.74, 6) is -0.643. The van der Waals surface area contributed by atoms with Crippen LogP contribution in [0.15, 0.2) is 42.5 Å². The van der Waals surface area contributed by atoms with Crippen LogP contribution in [0.3, 0.4) is 0 Å². The van der Waals surface area contributed by atoms with Crippen LogP contribution >= 0.6 is 0 Å². The third-order valence-electron chi connectivity index (χ3n) is 3.76. The Labute approximate surface area is 167 Å². The Bertz CT molecular complexity index is 881. The lowest BCUT2D eigenvalue weighted by atomic mass is 10.2. The Balaban J connectivity index is 1.91. The zero-order chi connectivity index (χ0) is 21.4. The average Bonchev–Trinajstić information content (AvgIpc) is 2.69. The predicted molar refractivity (Wildman–Crippen MR) is 105 cm³/mol. The van der Waals surface area contributed by atoms with Crippen LogP contribution in [0.1, 0.15) is 19.4 Å². The van der Waals surface area contributed by atoms with Gasteiger partial charge >= 0.3 is 5.97 Å². The quantitative estimate of drug-likeness (QED) is 0.389. The SMILES string of the molecule is CCOc1ccc(NC(=O)COC(=O)C(C)Oc2ccc(C)cc2)c([N+](=O)[O-])c1. The molecular formula is C20H22N2O7. The van der Waals surface area contributed by atoms with Crippen molar-refractivity contribution < 1.29 is 28.7 Å². The molecule has 0 aliphatic carbocycles. The standard InChI is InChI=1S/C20H22N2O7/c1-4-27-16-9-10-17(18(11-16)22(25)26)21-19(23)12-28-20(24)14(3)29-15-7-5-13(2)6-8-15/h5-11,14H,4,12H2,1-3H3,(H,21,23). The lowest BCUT2D eigenvalue weighted by Crippen LogP contribution is -2.29. The summed E-state index contributed by atoms with van der Waals surface area (Å²) >= 11 is 0. The number of rotatable bonds is 9. The van der Waals surface area contributed by atoms with E-state index in [4.69, 9.17) is 14.2 Å². The number of amides is 1. The van der Waals surface area contributed by atoms with E-state index in [-0.39, 0.29) is 11.4 Å². The van der Waals surface area contributed by atoms with Crippen molar-refractivity contribution in [2.75, 3.05) is 18.5 Å². The normalized spacial score (nSPS) is 11.3. The molecule has 9 heteroatoms. The number of nitrogens with one attached hydrogen (secondary N) is 1. The van der Waals surface area contributed by atoms with Gasteiger partial charge in [-0.3, -0.25) is 14.9 Å². The molecule has 9 nitrogen and oxygen atoms in total. The highest BCUT2D eigenvalue weighted by atomic mass is 16.6. The average molecular weight is 402 g/mol. The number of ether oxygens (including phenoxy) is 3. The van der Waals surface area contributed by atoms with E-state index in [1.54, 1.807) is 19.1 Å². The molecule has 1 amide bonds. The van der Waals surface area contributed by atoms with Gasteiger partial charge in [0, 0.05) is 0 Å². The summed E-state index contributed by atoms with van der Waals surface area (Å²) in [6.07, 6.45) is -0.926. The van der Waals surface area contributed by atoms with Crippen molar-refractivity contribution in [3.8, 4) is 11.5 Å². The van der Waals surface area contributed by atoms with Gasteiger partial charge < -0.3 is 19.5 Å². The Kier molecular flexibility index (Phi) is 7.53. The van der Waals surface area contributed by atoms with Crippen molar-refractivity contribution >= 4 is 23.3 Å². The molecule has 0 radical (unpaired) electrons. The van der Waals surface area contributed by atoms with Crippen LogP contribution in [0.5, 0.6) is 11.5 Å². The van der Waals surface area contributed by atoms with Crippen molar-refractivity contribution in [2.45, 2.75) is 26.9 Å². The molecular weight excluding hydrogens is 380 g/mol. The van der Waals surface area contributed by atoms with Crippen LogP contribution < -0.4 is 14.8 Å². The van der Waals surface area contributed by atoms with Crippen molar-refractivity contribution in [3.63, 3.8) is 0 Å². The van der Waals surface area contributed by atoms with E-state index < -0.39 is 29.5 Å². The summed E-state index contributed by atoms with van der Waals surface area (Å²) in [6, 6.07) is 11.2. The van der Waals surface area contributed by atoms with Gasteiger partial charge in [0.1, 0.15) is 17.2 Å². The molecule has 0 saturated carbocycles. The molecule has 0 bridgehead atoms. The molecule has 0 aliphatic heterocycles. The number of anilines is 1. The highest BCUT2D eigenvalue weighted by molar-refractivity contribution is 5.95. The number of hydrogen-bond donors (Lipinski definition) is 1. The Morgan fingerprint density at radius 2 is 1.79 bits per heavy atom. The number of nitro benzene ring substituents is 1. The van der Waals surface area contributed by atoms with E-state index in [9.17, 15) is 19.7 Å². The highest BCUT2D eigenvalue weighted by Crippen LogP contribution is 2.29. The number of carbonyl (C=O) groups is 2. The molecule has 0 spiro atoms. The first-order valence-corrected chi connectivity index (χ1v) is 8.91. The van der Waals surface area contributed by atoms with Crippen molar-refractivity contribution in [2.24, 2.45) is 0 Å². The van der Waals surface area contributed by atoms with E-state index in [1.807, 2.05) is 19.1 Å². The van der Waals surface area contributed by atoms with Crippen molar-refractivity contribution in [1.29, 1.82) is 0 Å². The zero-order valence-electron chi connectivity index (χ0n) is 16.3. The molecule has 0 aliphatic rings. The molecule has 1 atom stereocenters. The first-order chi connectivity index (χ1) is 13.8. The molecule has 0 saturated heterocycles. The maximum absolute atomic E-state index is 12.0. The van der Waals surface area contributed by atoms with Gasteiger partial charge in [0.2, 0.25) is 0 Å². The molecule has 0 aromatic heterocycles. The first-order valence-electron chi connectivity index (χ1n) is 8.91. The van der Waals surface area contributed by atoms with Gasteiger partial charge in [-0.2, -0.15) is 0 Å². The molecule has 2 aromatic carbocycles. The van der Waals surface area contributed by atoms with E-state index in [0.29, 0.717) is 18.1 Å². The van der Waals surface area contributed by atoms with Gasteiger partial charge in [-0.1, -0.05) is 17.7 Å². The van der Waals surface area contributed by atoms with Gasteiger partial charge in [-0.05, 0) is 45.0 Å². The largest absolute Gasteiger partial charge is 0.494 e. The zero-order valence-corrected chi connectivity index (χ0v) is 16.3. The topological polar surface area (TPSA) is 117 Å². The number of carbonyl (C=O) groups excluding carboxylic acids is 2. The van der Waals surface area contributed by atoms with E-state index in [1.165, 1.54) is 25.1 Å². The number of hydrogen-bond acceptors (Lipinski definition) is 7. The monoisotopic (exact) mass is 402 g/mol. The molecule has 0 heterocycles. The van der Waals surface area contributed by atoms with Gasteiger partial charge in [0.05, 0.1) is 17.6 Å². The second-order valence-corrected chi connectivity index (χ2v) is 6.10. The number of nitrogens with zero attached hydrogens (tertiary/aromatic N) is 1. The lowest BCUT2D eigenvalue weighted by Gasteiger charge is -2.14. The minimum atomic E-state index is -0.926. The van der Waals surface area contributed by atoms with E-state index in [0.717, 1.165) is 5.56 Å². The number of nitro groups is 1. The summed E-state index contributed by atoms with van der Waals surface area (Å²) in [5.41, 5.74) is 0.697. The second-order valence-electron chi connectivity index (χ2n) is 6.10. The van der Waals surface area contributed by atoms with Gasteiger partial charge in [0.15, 0.2) is 12.7 Å². The minimum Gasteiger partial charge on any atom is -0.494 e. The molecule has 154 valence electrons. The fourth-order valence-corrected chi connectivity index (χ4v) is 2.33. The smallest absolute Gasteiger partial charge is 0.347 e. The maximum Gasteiger partial charge on any atom is 0.347 e. The fourth-order valence-electron chi connectivity index (χ4n) is 2.33. The number of aryl methyl sites for hydroxylation is 1. The van der Waals surface area contributed by atoms with Gasteiger partial charge in [-0.25, -0.2) is 4.79 Å². The first kappa shape index (κ1) is 21.7. The van der Waals surface area contributed by atoms with Crippen LogP contribution in [0.2, 0.25) is 0 Å². The minimum absolute atomic E-state index is 0.0246. The lowest BCUT2D eigenvalue weighted by molar-refractivity contribution is -0.384. The summed E-state index contributed by atoms with van der Waals surface area (Å²) in [7, 11) is 0. The predicted octanol–water partition coefficient (Wildman–Crippen LogP) is 3.25. The third kappa shape index (κ3) is 6.49. The number of benzene rings is 2. The van der Waals surface area contributed by atoms with E-state index in [2.05, 4.69) is 5.32 Å². The molecule has 2 aromatic rings. The van der Waals surface area contributed by atoms with Gasteiger partial charge in [0.25, 0.3) is 11.6 Å². The Hall–Kier alpha value is -3.62. The maximum atomic E-state index is 12.0. The second kappa shape index (κ2) is 10.1. The summed E-state index contributed by atoms with van der Waals surface area (Å²) in [6.45, 7) is 4.91. The summed E-state index contributed by atoms with van der Waals surface area (Å²) in [4.78, 5) is 34.6. The summed E-state index contributed by atoms with van der Waals surface area (Å²) in [5, 5.41) is 13.6. The van der Waals surface area contributed by atoms with Crippen LogP contribution in [0, 0.1) is 17.0 Å². The molecule has 29 heavy (non-hydrogen) atoms. The molecule has 1 N–H and O–H groups in total. The van der Waals surface area contributed by atoms with Crippen LogP contribution in [-0.2, 0) is 14.3 Å². The highest BCUT2D eigenvalue weighted by Gasteiger charge is 2.20. The Morgan fingerprint density at radius 3 is 2.41 bits per heavy atom. The summed E-state index contributed by atoms with van der Waals surface area (Å²) < 4.78 is 15.6. The third-order valence-corrected chi connectivity index (χ3v) is 3.76. The Morgan fingerprint density at radius 1 is 1.14 bits per heavy atom. The molecule has 2 rings (SSSR count). The van der Waals surface area contributed by atoms with Crippen LogP contribution in [0.4, 0.5) is 11.4 Å². The molecule has 1 unspecified atom stereocenters. The van der Waals surface area contributed by atoms with Crippen molar-refractivity contribution in [3.05, 3.63) is 58.1 Å².